The van der Waals surface area contributed by atoms with Crippen molar-refractivity contribution in [1.82, 2.24) is 40.6 Å². The van der Waals surface area contributed by atoms with Crippen molar-refractivity contribution in [1.29, 1.82) is 0 Å². The van der Waals surface area contributed by atoms with Crippen LogP contribution in [-0.2, 0) is 12.6 Å². The highest BCUT2D eigenvalue weighted by atomic mass is 35.5. The lowest BCUT2D eigenvalue weighted by Gasteiger charge is -2.37. The molecule has 1 aromatic carbocycles. The van der Waals surface area contributed by atoms with E-state index in [1.54, 1.807) is 9.80 Å². The van der Waals surface area contributed by atoms with Gasteiger partial charge in [0.1, 0.15) is 0 Å². The fourth-order valence-electron chi connectivity index (χ4n) is 5.92. The van der Waals surface area contributed by atoms with Gasteiger partial charge >= 0.3 is 12.2 Å². The molecule has 0 unspecified atom stereocenters. The van der Waals surface area contributed by atoms with Gasteiger partial charge in [0.2, 0.25) is 0 Å². The van der Waals surface area contributed by atoms with Gasteiger partial charge in [0.05, 0.1) is 16.2 Å². The summed E-state index contributed by atoms with van der Waals surface area (Å²) in [4.78, 5) is 48.8. The third-order valence-electron chi connectivity index (χ3n) is 8.78. The quantitative estimate of drug-likeness (QED) is 0.213. The second kappa shape index (κ2) is 13.2. The molecule has 252 valence electrons. The molecule has 6 N–H and O–H groups in total. The molecule has 0 atom stereocenters. The van der Waals surface area contributed by atoms with Crippen molar-refractivity contribution in [2.45, 2.75) is 49.8 Å². The minimum Gasteiger partial charge on any atom is -0.388 e. The summed E-state index contributed by atoms with van der Waals surface area (Å²) < 4.78 is 40.6. The number of rotatable bonds is 8. The Morgan fingerprint density at radius 1 is 1.09 bits per heavy atom. The Bertz CT molecular complexity index is 1640. The molecule has 3 aromatic rings. The summed E-state index contributed by atoms with van der Waals surface area (Å²) in [6, 6.07) is 4.14. The van der Waals surface area contributed by atoms with Crippen LogP contribution in [0.2, 0.25) is 5.02 Å². The Morgan fingerprint density at radius 3 is 2.45 bits per heavy atom. The third kappa shape index (κ3) is 7.55. The molecule has 4 heterocycles. The molecule has 13 nitrogen and oxygen atoms in total. The molecule has 1 saturated carbocycles. The number of aromatic nitrogens is 4. The van der Waals surface area contributed by atoms with Crippen molar-refractivity contribution in [3.8, 4) is 0 Å². The Labute approximate surface area is 272 Å². The van der Waals surface area contributed by atoms with Crippen LogP contribution < -0.4 is 16.0 Å². The summed E-state index contributed by atoms with van der Waals surface area (Å²) in [5.74, 6) is -1.05. The first-order valence-corrected chi connectivity index (χ1v) is 15.8. The lowest BCUT2D eigenvalue weighted by molar-refractivity contribution is -0.141. The molecular formula is C30H35ClF3N9O4. The second-order valence-corrected chi connectivity index (χ2v) is 12.6. The molecule has 0 bridgehead atoms. The van der Waals surface area contributed by atoms with Crippen molar-refractivity contribution in [2.24, 2.45) is 0 Å². The number of aliphatic hydroxyl groups is 1. The monoisotopic (exact) mass is 677 g/mol. The zero-order chi connectivity index (χ0) is 33.3. The van der Waals surface area contributed by atoms with Gasteiger partial charge in [0.15, 0.2) is 11.5 Å². The Morgan fingerprint density at radius 2 is 1.79 bits per heavy atom. The Kier molecular flexibility index (Phi) is 9.18. The molecule has 1 aliphatic carbocycles. The van der Waals surface area contributed by atoms with Gasteiger partial charge < -0.3 is 35.8 Å². The summed E-state index contributed by atoms with van der Waals surface area (Å²) in [5.41, 5.74) is -0.566. The molecule has 3 fully saturated rings. The van der Waals surface area contributed by atoms with Gasteiger partial charge in [-0.1, -0.05) is 11.6 Å². The number of nitrogens with one attached hydrogen (secondary N) is 5. The number of urea groups is 1. The van der Waals surface area contributed by atoms with E-state index in [9.17, 15) is 32.7 Å². The van der Waals surface area contributed by atoms with Gasteiger partial charge in [-0.15, -0.1) is 0 Å². The maximum Gasteiger partial charge on any atom is 0.435 e. The molecule has 17 heteroatoms. The van der Waals surface area contributed by atoms with Crippen LogP contribution in [0.1, 0.15) is 75.2 Å². The molecule has 3 aliphatic rings. The van der Waals surface area contributed by atoms with Crippen molar-refractivity contribution < 1.29 is 32.7 Å². The fraction of sp³-hybridized carbons (Fsp3) is 0.500. The number of nitrogens with zero attached hydrogens (tertiary/aromatic N) is 4. The predicted molar refractivity (Wildman–Crippen MR) is 164 cm³/mol. The summed E-state index contributed by atoms with van der Waals surface area (Å²) in [6.07, 6.45) is -0.729. The zero-order valence-electron chi connectivity index (χ0n) is 25.3. The van der Waals surface area contributed by atoms with Crippen molar-refractivity contribution in [3.05, 3.63) is 63.5 Å². The predicted octanol–water partition coefficient (Wildman–Crippen LogP) is 3.11. The van der Waals surface area contributed by atoms with E-state index in [2.05, 4.69) is 36.1 Å². The second-order valence-electron chi connectivity index (χ2n) is 12.2. The number of halogens is 4. The Hall–Kier alpha value is -4.15. The van der Waals surface area contributed by atoms with Gasteiger partial charge in [-0.25, -0.2) is 9.78 Å². The number of benzene rings is 1. The normalized spacial score (nSPS) is 18.2. The van der Waals surface area contributed by atoms with E-state index in [0.29, 0.717) is 63.5 Å². The smallest absolute Gasteiger partial charge is 0.388 e. The minimum absolute atomic E-state index is 0.0135. The standard InChI is InChI=1S/C30H35ClF3N9O4/c31-22-14-18(39-26(44)25-36-15-19(38-25)13-21-23(17-1-2-17)40-41-24(21)30(32,33)34)3-4-20(22)27(45)42-9-11-43(12-10-42)28(46)37-16-29(47)5-7-35-8-6-29/h3-4,14-15,17,35,47H,1-2,5-13,16H2,(H,36,38)(H,37,46)(H,39,44)(H,40,41). The molecule has 2 aliphatic heterocycles. The SMILES string of the molecule is O=C(Nc1ccc(C(=O)N2CCN(C(=O)NCC3(O)CCNCC3)CC2)c(Cl)c1)c1ncc(Cc2c(C(F)(F)F)n[nH]c2C2CC2)[nH]1. The van der Waals surface area contributed by atoms with Crippen LogP contribution in [0.25, 0.3) is 0 Å². The van der Waals surface area contributed by atoms with Crippen LogP contribution in [0.3, 0.4) is 0 Å². The van der Waals surface area contributed by atoms with E-state index in [4.69, 9.17) is 11.6 Å². The number of carbonyl (C=O) groups is 3. The summed E-state index contributed by atoms with van der Waals surface area (Å²) >= 11 is 6.44. The molecular weight excluding hydrogens is 643 g/mol. The van der Waals surface area contributed by atoms with Crippen LogP contribution in [0.5, 0.6) is 0 Å². The van der Waals surface area contributed by atoms with Gasteiger partial charge in [-0.05, 0) is 57.0 Å². The number of carbonyl (C=O) groups excluding carboxylic acids is 3. The van der Waals surface area contributed by atoms with E-state index in [1.807, 2.05) is 0 Å². The van der Waals surface area contributed by atoms with Crippen molar-refractivity contribution in [3.63, 3.8) is 0 Å². The lowest BCUT2D eigenvalue weighted by Crippen LogP contribution is -2.56. The average molecular weight is 678 g/mol. The molecule has 2 aromatic heterocycles. The van der Waals surface area contributed by atoms with Gasteiger partial charge in [0.25, 0.3) is 11.8 Å². The number of hydrogen-bond acceptors (Lipinski definition) is 7. The first-order chi connectivity index (χ1) is 22.4. The highest BCUT2D eigenvalue weighted by Crippen LogP contribution is 2.44. The highest BCUT2D eigenvalue weighted by molar-refractivity contribution is 6.34. The third-order valence-corrected chi connectivity index (χ3v) is 9.09. The summed E-state index contributed by atoms with van der Waals surface area (Å²) in [6.45, 7) is 2.77. The van der Waals surface area contributed by atoms with Gasteiger partial charge in [-0.3, -0.25) is 14.7 Å². The molecule has 47 heavy (non-hydrogen) atoms. The number of amides is 4. The number of piperidine rings is 1. The minimum atomic E-state index is -4.62. The van der Waals surface area contributed by atoms with Crippen molar-refractivity contribution >= 4 is 35.1 Å². The molecule has 2 saturated heterocycles. The van der Waals surface area contributed by atoms with Crippen LogP contribution in [0.15, 0.2) is 24.4 Å². The van der Waals surface area contributed by atoms with Crippen LogP contribution in [0, 0.1) is 0 Å². The Balaban J connectivity index is 1.02. The molecule has 4 amide bonds. The van der Waals surface area contributed by atoms with E-state index < -0.39 is 23.4 Å². The van der Waals surface area contributed by atoms with E-state index in [0.717, 1.165) is 12.8 Å². The number of aromatic amines is 2. The summed E-state index contributed by atoms with van der Waals surface area (Å²) in [5, 5.41) is 25.4. The first kappa shape index (κ1) is 32.8. The van der Waals surface area contributed by atoms with Gasteiger partial charge in [-0.2, -0.15) is 18.3 Å². The molecule has 6 rings (SSSR count). The zero-order valence-corrected chi connectivity index (χ0v) is 26.1. The maximum atomic E-state index is 13.5. The van der Waals surface area contributed by atoms with E-state index in [1.165, 1.54) is 24.4 Å². The summed E-state index contributed by atoms with van der Waals surface area (Å²) in [7, 11) is 0. The largest absolute Gasteiger partial charge is 0.435 e. The maximum absolute atomic E-state index is 13.5. The number of H-pyrrole nitrogens is 2. The molecule has 0 spiro atoms. The van der Waals surface area contributed by atoms with Crippen LogP contribution in [-0.4, -0.2) is 104 Å². The van der Waals surface area contributed by atoms with E-state index >= 15 is 0 Å². The number of hydrogen-bond donors (Lipinski definition) is 6. The van der Waals surface area contributed by atoms with Crippen LogP contribution >= 0.6 is 11.6 Å². The van der Waals surface area contributed by atoms with Crippen LogP contribution in [0.4, 0.5) is 23.7 Å². The lowest BCUT2D eigenvalue weighted by atomic mass is 9.92. The highest BCUT2D eigenvalue weighted by Gasteiger charge is 2.41. The molecule has 0 radical (unpaired) electrons. The van der Waals surface area contributed by atoms with Crippen molar-refractivity contribution in [2.75, 3.05) is 51.1 Å². The number of alkyl halides is 3. The topological polar surface area (TPSA) is 171 Å². The number of imidazole rings is 1. The van der Waals surface area contributed by atoms with Gasteiger partial charge in [0, 0.05) is 73.9 Å². The number of anilines is 1. The number of piperazine rings is 1. The fourth-order valence-corrected chi connectivity index (χ4v) is 6.18. The van der Waals surface area contributed by atoms with E-state index in [-0.39, 0.29) is 58.5 Å². The average Bonchev–Trinajstić information content (AvgIpc) is 3.61. The first-order valence-electron chi connectivity index (χ1n) is 15.4.